The lowest BCUT2D eigenvalue weighted by atomic mass is 10.1. The van der Waals surface area contributed by atoms with Crippen LogP contribution in [0.2, 0.25) is 0 Å². The fraction of sp³-hybridized carbons (Fsp3) is 0.562. The van der Waals surface area contributed by atoms with Gasteiger partial charge in [0.25, 0.3) is 0 Å². The summed E-state index contributed by atoms with van der Waals surface area (Å²) in [5.41, 5.74) is 1.98. The molecule has 0 N–H and O–H groups in total. The standard InChI is InChI=1S/C16H23ClN2O2/c1-12(2)6-8-21-9-7-19-15-5-4-13(20-3)10-14(15)18-16(19)11-17/h4-5,10,12H,6-9,11H2,1-3H3. The van der Waals surface area contributed by atoms with Gasteiger partial charge in [-0.25, -0.2) is 4.98 Å². The molecule has 2 aromatic rings. The highest BCUT2D eigenvalue weighted by atomic mass is 35.5. The Morgan fingerprint density at radius 3 is 2.76 bits per heavy atom. The molecule has 4 nitrogen and oxygen atoms in total. The molecule has 0 saturated carbocycles. The van der Waals surface area contributed by atoms with Crippen LogP contribution in [-0.4, -0.2) is 29.9 Å². The molecule has 116 valence electrons. The molecule has 0 aliphatic rings. The van der Waals surface area contributed by atoms with E-state index < -0.39 is 0 Å². The molecule has 21 heavy (non-hydrogen) atoms. The number of ether oxygens (including phenoxy) is 2. The van der Waals surface area contributed by atoms with E-state index in [1.807, 2.05) is 18.2 Å². The molecule has 0 unspecified atom stereocenters. The normalized spacial score (nSPS) is 11.5. The van der Waals surface area contributed by atoms with Crippen molar-refractivity contribution in [3.05, 3.63) is 24.0 Å². The Labute approximate surface area is 131 Å². The van der Waals surface area contributed by atoms with Gasteiger partial charge in [0, 0.05) is 19.2 Å². The van der Waals surface area contributed by atoms with Crippen LogP contribution in [-0.2, 0) is 17.2 Å². The van der Waals surface area contributed by atoms with Crippen molar-refractivity contribution in [2.45, 2.75) is 32.7 Å². The minimum atomic E-state index is 0.392. The molecule has 0 radical (unpaired) electrons. The SMILES string of the molecule is COc1ccc2c(c1)nc(CCl)n2CCOCCC(C)C. The minimum absolute atomic E-state index is 0.392. The highest BCUT2D eigenvalue weighted by molar-refractivity contribution is 6.16. The molecule has 0 saturated heterocycles. The fourth-order valence-corrected chi connectivity index (χ4v) is 2.42. The first-order valence-electron chi connectivity index (χ1n) is 7.32. The summed E-state index contributed by atoms with van der Waals surface area (Å²) in [7, 11) is 1.66. The molecule has 0 amide bonds. The number of hydrogen-bond donors (Lipinski definition) is 0. The van der Waals surface area contributed by atoms with Gasteiger partial charge in [-0.3, -0.25) is 0 Å². The third-order valence-corrected chi connectivity index (χ3v) is 3.69. The van der Waals surface area contributed by atoms with Gasteiger partial charge >= 0.3 is 0 Å². The van der Waals surface area contributed by atoms with Crippen molar-refractivity contribution in [2.75, 3.05) is 20.3 Å². The topological polar surface area (TPSA) is 36.3 Å². The van der Waals surface area contributed by atoms with Crippen molar-refractivity contribution in [1.29, 1.82) is 0 Å². The van der Waals surface area contributed by atoms with Crippen LogP contribution in [0.3, 0.4) is 0 Å². The van der Waals surface area contributed by atoms with Gasteiger partial charge in [0.15, 0.2) is 0 Å². The maximum absolute atomic E-state index is 6.00. The van der Waals surface area contributed by atoms with Crippen LogP contribution in [0.25, 0.3) is 11.0 Å². The summed E-state index contributed by atoms with van der Waals surface area (Å²) in [5, 5.41) is 0. The Morgan fingerprint density at radius 2 is 2.10 bits per heavy atom. The van der Waals surface area contributed by atoms with E-state index in [1.54, 1.807) is 7.11 Å². The molecule has 0 spiro atoms. The number of hydrogen-bond acceptors (Lipinski definition) is 3. The van der Waals surface area contributed by atoms with Gasteiger partial charge in [-0.1, -0.05) is 13.8 Å². The highest BCUT2D eigenvalue weighted by Crippen LogP contribution is 2.22. The zero-order valence-corrected chi connectivity index (χ0v) is 13.7. The zero-order valence-electron chi connectivity index (χ0n) is 12.9. The lowest BCUT2D eigenvalue weighted by molar-refractivity contribution is 0.116. The molecule has 0 fully saturated rings. The Morgan fingerprint density at radius 1 is 1.29 bits per heavy atom. The molecular formula is C16H23ClN2O2. The van der Waals surface area contributed by atoms with Crippen molar-refractivity contribution >= 4 is 22.6 Å². The number of nitrogens with zero attached hydrogens (tertiary/aromatic N) is 2. The Kier molecular flexibility index (Phi) is 5.88. The monoisotopic (exact) mass is 310 g/mol. The number of rotatable bonds is 8. The van der Waals surface area contributed by atoms with Gasteiger partial charge < -0.3 is 14.0 Å². The van der Waals surface area contributed by atoms with E-state index in [1.165, 1.54) is 0 Å². The van der Waals surface area contributed by atoms with Crippen molar-refractivity contribution in [3.63, 3.8) is 0 Å². The predicted molar refractivity (Wildman–Crippen MR) is 86.1 cm³/mol. The van der Waals surface area contributed by atoms with Crippen LogP contribution in [0.1, 0.15) is 26.1 Å². The summed E-state index contributed by atoms with van der Waals surface area (Å²) in [6, 6.07) is 5.89. The number of halogens is 1. The minimum Gasteiger partial charge on any atom is -0.497 e. The molecule has 1 heterocycles. The van der Waals surface area contributed by atoms with E-state index in [9.17, 15) is 0 Å². The number of fused-ring (bicyclic) bond motifs is 1. The van der Waals surface area contributed by atoms with E-state index in [0.29, 0.717) is 18.4 Å². The van der Waals surface area contributed by atoms with Gasteiger partial charge in [-0.05, 0) is 24.5 Å². The molecular weight excluding hydrogens is 288 g/mol. The number of aromatic nitrogens is 2. The second-order valence-corrected chi connectivity index (χ2v) is 5.73. The van der Waals surface area contributed by atoms with Gasteiger partial charge in [0.2, 0.25) is 0 Å². The average molecular weight is 311 g/mol. The fourth-order valence-electron chi connectivity index (χ4n) is 2.21. The summed E-state index contributed by atoms with van der Waals surface area (Å²) in [5.74, 6) is 2.74. The highest BCUT2D eigenvalue weighted by Gasteiger charge is 2.10. The maximum atomic E-state index is 6.00. The zero-order chi connectivity index (χ0) is 15.2. The van der Waals surface area contributed by atoms with Crippen LogP contribution in [0.5, 0.6) is 5.75 Å². The summed E-state index contributed by atoms with van der Waals surface area (Å²) in [4.78, 5) is 4.56. The van der Waals surface area contributed by atoms with Crippen molar-refractivity contribution in [1.82, 2.24) is 9.55 Å². The van der Waals surface area contributed by atoms with Gasteiger partial charge in [0.05, 0.1) is 30.6 Å². The van der Waals surface area contributed by atoms with Crippen molar-refractivity contribution in [2.24, 2.45) is 5.92 Å². The van der Waals surface area contributed by atoms with E-state index in [2.05, 4.69) is 23.4 Å². The Hall–Kier alpha value is -1.26. The predicted octanol–water partition coefficient (Wildman–Crippen LogP) is 3.85. The molecule has 1 aromatic heterocycles. The van der Waals surface area contributed by atoms with Crippen molar-refractivity contribution < 1.29 is 9.47 Å². The lowest BCUT2D eigenvalue weighted by Crippen LogP contribution is -2.10. The Balaban J connectivity index is 2.07. The largest absolute Gasteiger partial charge is 0.497 e. The lowest BCUT2D eigenvalue weighted by Gasteiger charge is -2.10. The van der Waals surface area contributed by atoms with Crippen LogP contribution in [0.4, 0.5) is 0 Å². The first-order valence-corrected chi connectivity index (χ1v) is 7.86. The third-order valence-electron chi connectivity index (χ3n) is 3.45. The molecule has 0 aliphatic heterocycles. The third kappa shape index (κ3) is 4.11. The summed E-state index contributed by atoms with van der Waals surface area (Å²) < 4.78 is 13.1. The summed E-state index contributed by atoms with van der Waals surface area (Å²) in [6.45, 7) is 6.64. The number of methoxy groups -OCH3 is 1. The summed E-state index contributed by atoms with van der Waals surface area (Å²) >= 11 is 6.00. The Bertz CT molecular complexity index is 581. The van der Waals surface area contributed by atoms with Crippen LogP contribution < -0.4 is 4.74 Å². The van der Waals surface area contributed by atoms with Crippen LogP contribution in [0.15, 0.2) is 18.2 Å². The number of alkyl halides is 1. The van der Waals surface area contributed by atoms with Gasteiger partial charge in [-0.15, -0.1) is 11.6 Å². The molecule has 0 bridgehead atoms. The van der Waals surface area contributed by atoms with E-state index >= 15 is 0 Å². The molecule has 0 atom stereocenters. The van der Waals surface area contributed by atoms with Gasteiger partial charge in [0.1, 0.15) is 11.6 Å². The van der Waals surface area contributed by atoms with Crippen LogP contribution in [0, 0.1) is 5.92 Å². The van der Waals surface area contributed by atoms with Crippen LogP contribution >= 0.6 is 11.6 Å². The second kappa shape index (κ2) is 7.66. The first-order chi connectivity index (χ1) is 10.2. The maximum Gasteiger partial charge on any atom is 0.124 e. The summed E-state index contributed by atoms with van der Waals surface area (Å²) in [6.07, 6.45) is 1.09. The number of benzene rings is 1. The smallest absolute Gasteiger partial charge is 0.124 e. The second-order valence-electron chi connectivity index (χ2n) is 5.46. The number of imidazole rings is 1. The molecule has 0 aliphatic carbocycles. The first kappa shape index (κ1) is 16.1. The van der Waals surface area contributed by atoms with Crippen molar-refractivity contribution in [3.8, 4) is 5.75 Å². The molecule has 1 aromatic carbocycles. The quantitative estimate of drug-likeness (QED) is 0.549. The van der Waals surface area contributed by atoms with E-state index in [4.69, 9.17) is 21.1 Å². The van der Waals surface area contributed by atoms with Gasteiger partial charge in [-0.2, -0.15) is 0 Å². The molecule has 2 rings (SSSR count). The van der Waals surface area contributed by atoms with E-state index in [0.717, 1.165) is 42.2 Å². The molecule has 5 heteroatoms. The average Bonchev–Trinajstić information content (AvgIpc) is 2.83. The van der Waals surface area contributed by atoms with E-state index in [-0.39, 0.29) is 0 Å².